The van der Waals surface area contributed by atoms with Crippen molar-refractivity contribution in [3.05, 3.63) is 12.2 Å². The van der Waals surface area contributed by atoms with Crippen LogP contribution in [0, 0.1) is 18.3 Å². The molecule has 0 aliphatic rings. The van der Waals surface area contributed by atoms with E-state index in [0.717, 1.165) is 44.7 Å². The summed E-state index contributed by atoms with van der Waals surface area (Å²) in [5, 5.41) is 3.40. The number of allylic oxidation sites excluding steroid dienone is 1. The molecule has 0 saturated heterocycles. The first-order valence-corrected chi connectivity index (χ1v) is 5.56. The van der Waals surface area contributed by atoms with Crippen molar-refractivity contribution in [2.24, 2.45) is 5.92 Å². The first-order valence-electron chi connectivity index (χ1n) is 5.56. The van der Waals surface area contributed by atoms with Crippen molar-refractivity contribution in [3.63, 3.8) is 0 Å². The molecule has 0 amide bonds. The normalized spacial score (nSPS) is 11.0. The van der Waals surface area contributed by atoms with E-state index in [9.17, 15) is 0 Å². The van der Waals surface area contributed by atoms with Gasteiger partial charge in [-0.15, -0.1) is 12.3 Å². The molecule has 0 saturated carbocycles. The van der Waals surface area contributed by atoms with Crippen LogP contribution < -0.4 is 5.32 Å². The summed E-state index contributed by atoms with van der Waals surface area (Å²) in [5.41, 5.74) is 0. The molecule has 0 rings (SSSR count). The van der Waals surface area contributed by atoms with Crippen LogP contribution in [0.5, 0.6) is 0 Å². The summed E-state index contributed by atoms with van der Waals surface area (Å²) >= 11 is 0. The van der Waals surface area contributed by atoms with Crippen molar-refractivity contribution in [2.45, 2.75) is 39.5 Å². The van der Waals surface area contributed by atoms with Gasteiger partial charge in [-0.25, -0.2) is 0 Å². The molecule has 0 heterocycles. The van der Waals surface area contributed by atoms with E-state index in [1.807, 2.05) is 0 Å². The van der Waals surface area contributed by atoms with E-state index < -0.39 is 0 Å². The van der Waals surface area contributed by atoms with Gasteiger partial charge in [0.05, 0.1) is 0 Å². The Hall–Kier alpha value is -0.740. The topological polar surface area (TPSA) is 12.0 Å². The van der Waals surface area contributed by atoms with Crippen LogP contribution in [0.2, 0.25) is 0 Å². The van der Waals surface area contributed by atoms with Gasteiger partial charge in [-0.05, 0) is 38.3 Å². The molecule has 0 atom stereocenters. The largest absolute Gasteiger partial charge is 0.316 e. The fraction of sp³-hybridized carbons (Fsp3) is 0.692. The van der Waals surface area contributed by atoms with Gasteiger partial charge < -0.3 is 5.32 Å². The molecular formula is C13H23N. The lowest BCUT2D eigenvalue weighted by molar-refractivity contribution is 0.556. The maximum absolute atomic E-state index is 5.15. The summed E-state index contributed by atoms with van der Waals surface area (Å²) in [7, 11) is 0. The molecular weight excluding hydrogens is 170 g/mol. The minimum atomic E-state index is 0.745. The van der Waals surface area contributed by atoms with Crippen LogP contribution in [-0.2, 0) is 0 Å². The van der Waals surface area contributed by atoms with E-state index in [0.29, 0.717) is 0 Å². The average Bonchev–Trinajstić information content (AvgIpc) is 2.15. The lowest BCUT2D eigenvalue weighted by Gasteiger charge is -2.04. The van der Waals surface area contributed by atoms with E-state index in [-0.39, 0.29) is 0 Å². The first-order chi connectivity index (χ1) is 6.77. The molecule has 1 nitrogen and oxygen atoms in total. The highest BCUT2D eigenvalue weighted by Gasteiger charge is 1.90. The summed E-state index contributed by atoms with van der Waals surface area (Å²) in [6, 6.07) is 0. The summed E-state index contributed by atoms with van der Waals surface area (Å²) in [5.74, 6) is 3.39. The number of nitrogens with one attached hydrogen (secondary N) is 1. The Labute approximate surface area is 89.0 Å². The second-order valence-corrected chi connectivity index (χ2v) is 3.95. The van der Waals surface area contributed by atoms with Gasteiger partial charge in [0, 0.05) is 6.42 Å². The maximum Gasteiger partial charge on any atom is 0.00890 e. The van der Waals surface area contributed by atoms with E-state index in [1.165, 1.54) is 0 Å². The van der Waals surface area contributed by atoms with E-state index in [4.69, 9.17) is 6.42 Å². The van der Waals surface area contributed by atoms with Crippen molar-refractivity contribution in [3.8, 4) is 12.3 Å². The Bertz CT molecular complexity index is 174. The Morgan fingerprint density at radius 3 is 2.64 bits per heavy atom. The molecule has 1 N–H and O–H groups in total. The molecule has 1 heteroatoms. The summed E-state index contributed by atoms with van der Waals surface area (Å²) in [4.78, 5) is 0. The summed E-state index contributed by atoms with van der Waals surface area (Å²) in [6.07, 6.45) is 13.9. The predicted octanol–water partition coefficient (Wildman–Crippen LogP) is 2.98. The Kier molecular flexibility index (Phi) is 9.79. The molecule has 0 radical (unpaired) electrons. The van der Waals surface area contributed by atoms with Crippen LogP contribution in [0.1, 0.15) is 39.5 Å². The molecule has 0 bridgehead atoms. The van der Waals surface area contributed by atoms with Crippen LogP contribution in [0.4, 0.5) is 0 Å². The van der Waals surface area contributed by atoms with Crippen molar-refractivity contribution in [2.75, 3.05) is 13.1 Å². The molecule has 0 aliphatic heterocycles. The molecule has 0 aromatic carbocycles. The first kappa shape index (κ1) is 13.3. The number of rotatable bonds is 8. The van der Waals surface area contributed by atoms with Gasteiger partial charge in [-0.3, -0.25) is 0 Å². The third-order valence-corrected chi connectivity index (χ3v) is 1.90. The van der Waals surface area contributed by atoms with Gasteiger partial charge in [0.2, 0.25) is 0 Å². The van der Waals surface area contributed by atoms with E-state index >= 15 is 0 Å². The van der Waals surface area contributed by atoms with Crippen molar-refractivity contribution in [1.82, 2.24) is 5.32 Å². The zero-order chi connectivity index (χ0) is 10.6. The van der Waals surface area contributed by atoms with Crippen LogP contribution in [0.15, 0.2) is 12.2 Å². The smallest absolute Gasteiger partial charge is 0.00890 e. The molecule has 0 fully saturated rings. The van der Waals surface area contributed by atoms with Crippen LogP contribution in [-0.4, -0.2) is 13.1 Å². The predicted molar refractivity (Wildman–Crippen MR) is 64.1 cm³/mol. The average molecular weight is 193 g/mol. The number of unbranched alkanes of at least 4 members (excludes halogenated alkanes) is 2. The number of terminal acetylenes is 1. The fourth-order valence-electron chi connectivity index (χ4n) is 1.13. The molecule has 80 valence electrons. The van der Waals surface area contributed by atoms with E-state index in [2.05, 4.69) is 37.2 Å². The molecule has 0 aromatic rings. The third-order valence-electron chi connectivity index (χ3n) is 1.90. The Morgan fingerprint density at radius 2 is 2.00 bits per heavy atom. The maximum atomic E-state index is 5.15. The molecule has 0 unspecified atom stereocenters. The molecule has 0 aliphatic carbocycles. The minimum absolute atomic E-state index is 0.745. The van der Waals surface area contributed by atoms with Gasteiger partial charge in [-0.1, -0.05) is 26.0 Å². The molecule has 0 aromatic heterocycles. The Morgan fingerprint density at radius 1 is 1.29 bits per heavy atom. The standard InChI is InChI=1S/C13H23N/c1-4-5-6-7-8-9-10-11-14-12-13(2)3/h1,8-9,13-14H,5-7,10-12H2,2-3H3/b9-8+. The SMILES string of the molecule is C#CCCC/C=C/CCNCC(C)C. The van der Waals surface area contributed by atoms with Gasteiger partial charge in [0.25, 0.3) is 0 Å². The monoisotopic (exact) mass is 193 g/mol. The number of hydrogen-bond donors (Lipinski definition) is 1. The van der Waals surface area contributed by atoms with Crippen molar-refractivity contribution >= 4 is 0 Å². The fourth-order valence-corrected chi connectivity index (χ4v) is 1.13. The highest BCUT2D eigenvalue weighted by Crippen LogP contribution is 1.95. The number of hydrogen-bond acceptors (Lipinski definition) is 1. The zero-order valence-corrected chi connectivity index (χ0v) is 9.55. The minimum Gasteiger partial charge on any atom is -0.316 e. The Balaban J connectivity index is 3.08. The zero-order valence-electron chi connectivity index (χ0n) is 9.55. The highest BCUT2D eigenvalue weighted by molar-refractivity contribution is 4.87. The van der Waals surface area contributed by atoms with Gasteiger partial charge >= 0.3 is 0 Å². The van der Waals surface area contributed by atoms with Crippen molar-refractivity contribution < 1.29 is 0 Å². The lowest BCUT2D eigenvalue weighted by atomic mass is 10.2. The highest BCUT2D eigenvalue weighted by atomic mass is 14.8. The molecule has 14 heavy (non-hydrogen) atoms. The molecule has 0 spiro atoms. The summed E-state index contributed by atoms with van der Waals surface area (Å²) in [6.45, 7) is 6.65. The lowest BCUT2D eigenvalue weighted by Crippen LogP contribution is -2.20. The van der Waals surface area contributed by atoms with Crippen LogP contribution >= 0.6 is 0 Å². The second-order valence-electron chi connectivity index (χ2n) is 3.95. The second kappa shape index (κ2) is 10.3. The van der Waals surface area contributed by atoms with Crippen LogP contribution in [0.25, 0.3) is 0 Å². The van der Waals surface area contributed by atoms with Crippen LogP contribution in [0.3, 0.4) is 0 Å². The summed E-state index contributed by atoms with van der Waals surface area (Å²) < 4.78 is 0. The van der Waals surface area contributed by atoms with Crippen molar-refractivity contribution in [1.29, 1.82) is 0 Å². The van der Waals surface area contributed by atoms with E-state index in [1.54, 1.807) is 0 Å². The third kappa shape index (κ3) is 11.3. The van der Waals surface area contributed by atoms with Gasteiger partial charge in [0.15, 0.2) is 0 Å². The van der Waals surface area contributed by atoms with Gasteiger partial charge in [-0.2, -0.15) is 0 Å². The quantitative estimate of drug-likeness (QED) is 0.355. The van der Waals surface area contributed by atoms with Gasteiger partial charge in [0.1, 0.15) is 0 Å².